The van der Waals surface area contributed by atoms with Crippen LogP contribution in [0.3, 0.4) is 0 Å². The number of carbonyl (C=O) groups excluding carboxylic acids is 1. The first-order valence-corrected chi connectivity index (χ1v) is 9.94. The molecule has 0 bridgehead atoms. The van der Waals surface area contributed by atoms with Crippen molar-refractivity contribution in [1.82, 2.24) is 10.3 Å². The van der Waals surface area contributed by atoms with Gasteiger partial charge in [0, 0.05) is 17.4 Å². The molecule has 2 aromatic carbocycles. The van der Waals surface area contributed by atoms with Crippen molar-refractivity contribution in [3.63, 3.8) is 0 Å². The molecule has 0 aliphatic heterocycles. The molecule has 0 aliphatic rings. The highest BCUT2D eigenvalue weighted by Gasteiger charge is 2.18. The van der Waals surface area contributed by atoms with E-state index in [9.17, 15) is 17.6 Å². The first-order chi connectivity index (χ1) is 13.3. The van der Waals surface area contributed by atoms with Crippen molar-refractivity contribution >= 4 is 21.6 Å². The average molecular weight is 399 g/mol. The zero-order chi connectivity index (χ0) is 20.1. The maximum atomic E-state index is 13.0. The summed E-state index contributed by atoms with van der Waals surface area (Å²) in [5, 5.41) is 2.79. The largest absolute Gasteiger partial charge is 0.344 e. The molecule has 3 rings (SSSR count). The van der Waals surface area contributed by atoms with E-state index in [4.69, 9.17) is 0 Å². The van der Waals surface area contributed by atoms with E-state index in [1.807, 2.05) is 6.07 Å². The Kier molecular flexibility index (Phi) is 5.70. The van der Waals surface area contributed by atoms with Crippen molar-refractivity contribution in [3.8, 4) is 0 Å². The summed E-state index contributed by atoms with van der Waals surface area (Å²) in [6.45, 7) is 1.79. The molecule has 1 amide bonds. The summed E-state index contributed by atoms with van der Waals surface area (Å²) in [6.07, 6.45) is 1.63. The predicted molar refractivity (Wildman–Crippen MR) is 104 cm³/mol. The number of rotatable bonds is 6. The molecule has 8 heteroatoms. The summed E-state index contributed by atoms with van der Waals surface area (Å²) in [7, 11) is -3.93. The number of aromatic nitrogens is 1. The molecule has 0 radical (unpaired) electrons. The zero-order valence-electron chi connectivity index (χ0n) is 15.0. The van der Waals surface area contributed by atoms with Gasteiger partial charge in [-0.15, -0.1) is 0 Å². The second kappa shape index (κ2) is 8.18. The molecule has 1 aromatic heterocycles. The molecule has 1 heterocycles. The lowest BCUT2D eigenvalue weighted by molar-refractivity contribution is 0.0939. The van der Waals surface area contributed by atoms with E-state index in [1.54, 1.807) is 25.3 Å². The summed E-state index contributed by atoms with van der Waals surface area (Å²) in [5.74, 6) is -0.888. The van der Waals surface area contributed by atoms with E-state index in [-0.39, 0.29) is 22.2 Å². The minimum absolute atomic E-state index is 0.0741. The number of amides is 1. The molecular formula is C20H18FN3O3S. The van der Waals surface area contributed by atoms with Crippen LogP contribution in [0.1, 0.15) is 29.0 Å². The molecule has 0 aliphatic carbocycles. The van der Waals surface area contributed by atoms with Gasteiger partial charge < -0.3 is 5.32 Å². The smallest absolute Gasteiger partial charge is 0.261 e. The van der Waals surface area contributed by atoms with E-state index in [1.165, 1.54) is 36.4 Å². The van der Waals surface area contributed by atoms with Crippen molar-refractivity contribution in [2.75, 3.05) is 4.72 Å². The Bertz CT molecular complexity index is 1070. The highest BCUT2D eigenvalue weighted by molar-refractivity contribution is 7.92. The lowest BCUT2D eigenvalue weighted by atomic mass is 10.1. The van der Waals surface area contributed by atoms with Crippen LogP contribution in [0.5, 0.6) is 0 Å². The molecule has 6 nitrogen and oxygen atoms in total. The normalized spacial score (nSPS) is 12.2. The van der Waals surface area contributed by atoms with Crippen LogP contribution in [-0.2, 0) is 10.0 Å². The van der Waals surface area contributed by atoms with E-state index >= 15 is 0 Å². The van der Waals surface area contributed by atoms with E-state index in [2.05, 4.69) is 15.0 Å². The van der Waals surface area contributed by atoms with E-state index in [0.29, 0.717) is 5.69 Å². The molecule has 0 saturated carbocycles. The number of nitrogens with zero attached hydrogens (tertiary/aromatic N) is 1. The summed E-state index contributed by atoms with van der Waals surface area (Å²) in [6, 6.07) is 15.7. The molecule has 2 N–H and O–H groups in total. The first kappa shape index (κ1) is 19.5. The molecule has 144 valence electrons. The highest BCUT2D eigenvalue weighted by Crippen LogP contribution is 2.18. The lowest BCUT2D eigenvalue weighted by Crippen LogP contribution is -2.27. The van der Waals surface area contributed by atoms with Crippen LogP contribution < -0.4 is 10.0 Å². The summed E-state index contributed by atoms with van der Waals surface area (Å²) in [4.78, 5) is 16.6. The standard InChI is InChI=1S/C20H18FN3O3S/c1-14(19-7-2-3-12-22-19)23-20(25)15-5-4-6-18(13-15)28(26,27)24-17-10-8-16(21)9-11-17/h2-14,24H,1H3,(H,23,25)/t14-/m0/s1. The summed E-state index contributed by atoms with van der Waals surface area (Å²) in [5.41, 5.74) is 1.11. The fraction of sp³-hybridized carbons (Fsp3) is 0.100. The number of pyridine rings is 1. The Morgan fingerprint density at radius 2 is 1.79 bits per heavy atom. The third-order valence-corrected chi connectivity index (χ3v) is 5.36. The second-order valence-corrected chi connectivity index (χ2v) is 7.77. The fourth-order valence-electron chi connectivity index (χ4n) is 2.52. The summed E-state index contributed by atoms with van der Waals surface area (Å²) < 4.78 is 40.5. The monoisotopic (exact) mass is 399 g/mol. The van der Waals surface area contributed by atoms with Crippen LogP contribution in [0.2, 0.25) is 0 Å². The Hall–Kier alpha value is -3.26. The average Bonchev–Trinajstić information content (AvgIpc) is 2.70. The SMILES string of the molecule is C[C@H](NC(=O)c1cccc(S(=O)(=O)Nc2ccc(F)cc2)c1)c1ccccn1. The number of anilines is 1. The van der Waals surface area contributed by atoms with Crippen LogP contribution in [0.15, 0.2) is 77.8 Å². The van der Waals surface area contributed by atoms with Crippen LogP contribution >= 0.6 is 0 Å². The van der Waals surface area contributed by atoms with Gasteiger partial charge in [-0.3, -0.25) is 14.5 Å². The van der Waals surface area contributed by atoms with Crippen molar-refractivity contribution in [3.05, 3.63) is 90.0 Å². The number of halogens is 1. The minimum atomic E-state index is -3.93. The molecule has 28 heavy (non-hydrogen) atoms. The van der Waals surface area contributed by atoms with Gasteiger partial charge in [-0.25, -0.2) is 12.8 Å². The van der Waals surface area contributed by atoms with Crippen LogP contribution in [0, 0.1) is 5.82 Å². The quantitative estimate of drug-likeness (QED) is 0.664. The van der Waals surface area contributed by atoms with Gasteiger partial charge in [0.1, 0.15) is 5.82 Å². The van der Waals surface area contributed by atoms with Gasteiger partial charge in [-0.1, -0.05) is 12.1 Å². The Morgan fingerprint density at radius 1 is 1.04 bits per heavy atom. The predicted octanol–water partition coefficient (Wildman–Crippen LogP) is 3.51. The second-order valence-electron chi connectivity index (χ2n) is 6.09. The molecule has 0 fully saturated rings. The van der Waals surface area contributed by atoms with Crippen LogP contribution in [0.4, 0.5) is 10.1 Å². The number of benzene rings is 2. The van der Waals surface area contributed by atoms with Crippen molar-refractivity contribution in [1.29, 1.82) is 0 Å². The molecule has 0 spiro atoms. The van der Waals surface area contributed by atoms with Gasteiger partial charge in [0.25, 0.3) is 15.9 Å². The van der Waals surface area contributed by atoms with Crippen molar-refractivity contribution in [2.45, 2.75) is 17.9 Å². The number of sulfonamides is 1. The zero-order valence-corrected chi connectivity index (χ0v) is 15.8. The molecular weight excluding hydrogens is 381 g/mol. The van der Waals surface area contributed by atoms with Gasteiger partial charge >= 0.3 is 0 Å². The number of hydrogen-bond acceptors (Lipinski definition) is 4. The van der Waals surface area contributed by atoms with E-state index in [0.717, 1.165) is 12.1 Å². The maximum Gasteiger partial charge on any atom is 0.261 e. The Labute approximate surface area is 162 Å². The minimum Gasteiger partial charge on any atom is -0.344 e. The van der Waals surface area contributed by atoms with E-state index < -0.39 is 21.7 Å². The third-order valence-electron chi connectivity index (χ3n) is 3.98. The molecule has 3 aromatic rings. The number of carbonyl (C=O) groups is 1. The van der Waals surface area contributed by atoms with Gasteiger partial charge in [0.05, 0.1) is 16.6 Å². The van der Waals surface area contributed by atoms with Gasteiger partial charge in [0.15, 0.2) is 0 Å². The molecule has 0 saturated heterocycles. The van der Waals surface area contributed by atoms with Crippen LogP contribution in [-0.4, -0.2) is 19.3 Å². The van der Waals surface area contributed by atoms with Crippen LogP contribution in [0.25, 0.3) is 0 Å². The molecule has 1 atom stereocenters. The van der Waals surface area contributed by atoms with Crippen molar-refractivity contribution < 1.29 is 17.6 Å². The van der Waals surface area contributed by atoms with Gasteiger partial charge in [-0.2, -0.15) is 0 Å². The first-order valence-electron chi connectivity index (χ1n) is 8.45. The third kappa shape index (κ3) is 4.72. The number of nitrogens with one attached hydrogen (secondary N) is 2. The lowest BCUT2D eigenvalue weighted by Gasteiger charge is -2.14. The summed E-state index contributed by atoms with van der Waals surface area (Å²) >= 11 is 0. The Balaban J connectivity index is 1.77. The van der Waals surface area contributed by atoms with Gasteiger partial charge in [-0.05, 0) is 61.5 Å². The molecule has 0 unspecified atom stereocenters. The Morgan fingerprint density at radius 3 is 2.46 bits per heavy atom. The highest BCUT2D eigenvalue weighted by atomic mass is 32.2. The maximum absolute atomic E-state index is 13.0. The topological polar surface area (TPSA) is 88.2 Å². The van der Waals surface area contributed by atoms with Gasteiger partial charge in [0.2, 0.25) is 0 Å². The van der Waals surface area contributed by atoms with Crippen molar-refractivity contribution in [2.24, 2.45) is 0 Å². The fourth-order valence-corrected chi connectivity index (χ4v) is 3.63. The number of hydrogen-bond donors (Lipinski definition) is 2.